The predicted octanol–water partition coefficient (Wildman–Crippen LogP) is 5.35. The summed E-state index contributed by atoms with van der Waals surface area (Å²) in [5.74, 6) is -0.514. The van der Waals surface area contributed by atoms with Gasteiger partial charge in [-0.1, -0.05) is 19.9 Å². The number of aliphatic hydroxyl groups is 1. The summed E-state index contributed by atoms with van der Waals surface area (Å²) < 4.78 is 55.3. The van der Waals surface area contributed by atoms with Crippen molar-refractivity contribution in [2.45, 2.75) is 64.7 Å². The van der Waals surface area contributed by atoms with E-state index in [4.69, 9.17) is 0 Å². The van der Waals surface area contributed by atoms with E-state index in [1.807, 2.05) is 0 Å². The van der Waals surface area contributed by atoms with Crippen molar-refractivity contribution in [1.82, 2.24) is 4.98 Å². The third-order valence-corrected chi connectivity index (χ3v) is 4.83. The van der Waals surface area contributed by atoms with Gasteiger partial charge in [-0.15, -0.1) is 0 Å². The van der Waals surface area contributed by atoms with Gasteiger partial charge in [0.05, 0.1) is 0 Å². The van der Waals surface area contributed by atoms with Crippen LogP contribution in [0.25, 0.3) is 0 Å². The van der Waals surface area contributed by atoms with E-state index in [0.29, 0.717) is 28.1 Å². The number of halogens is 4. The lowest BCUT2D eigenvalue weighted by atomic mass is 9.72. The van der Waals surface area contributed by atoms with Crippen LogP contribution in [0, 0.1) is 26.6 Å². The monoisotopic (exact) mass is 383 g/mol. The molecule has 0 aliphatic carbocycles. The SMILES string of the molecule is Cc1cc(CC(O)(CC(C)(C)c2cc(F)ccc2C)C(F)(F)F)cc(C)n1. The Morgan fingerprint density at radius 1 is 0.963 bits per heavy atom. The largest absolute Gasteiger partial charge is 0.417 e. The van der Waals surface area contributed by atoms with Gasteiger partial charge in [0.15, 0.2) is 5.60 Å². The van der Waals surface area contributed by atoms with Gasteiger partial charge < -0.3 is 5.11 Å². The van der Waals surface area contributed by atoms with Crippen molar-refractivity contribution in [2.75, 3.05) is 0 Å². The topological polar surface area (TPSA) is 33.1 Å². The van der Waals surface area contributed by atoms with E-state index < -0.39 is 35.9 Å². The summed E-state index contributed by atoms with van der Waals surface area (Å²) in [6, 6.07) is 7.14. The molecule has 0 fully saturated rings. The van der Waals surface area contributed by atoms with Crippen molar-refractivity contribution < 1.29 is 22.7 Å². The summed E-state index contributed by atoms with van der Waals surface area (Å²) in [4.78, 5) is 4.17. The second-order valence-electron chi connectivity index (χ2n) is 7.98. The number of nitrogens with zero attached hydrogens (tertiary/aromatic N) is 1. The van der Waals surface area contributed by atoms with Gasteiger partial charge in [0.2, 0.25) is 0 Å². The molecule has 0 aliphatic rings. The van der Waals surface area contributed by atoms with E-state index in [0.717, 1.165) is 0 Å². The van der Waals surface area contributed by atoms with Crippen molar-refractivity contribution in [3.05, 3.63) is 64.2 Å². The maximum absolute atomic E-state index is 13.9. The third kappa shape index (κ3) is 4.86. The molecule has 0 saturated heterocycles. The Morgan fingerprint density at radius 2 is 1.52 bits per heavy atom. The summed E-state index contributed by atoms with van der Waals surface area (Å²) in [7, 11) is 0. The molecule has 1 aromatic carbocycles. The minimum Gasteiger partial charge on any atom is -0.380 e. The molecule has 148 valence electrons. The molecule has 1 atom stereocenters. The number of aromatic nitrogens is 1. The molecule has 0 radical (unpaired) electrons. The average molecular weight is 383 g/mol. The highest BCUT2D eigenvalue weighted by atomic mass is 19.4. The van der Waals surface area contributed by atoms with E-state index in [1.165, 1.54) is 18.2 Å². The van der Waals surface area contributed by atoms with Crippen LogP contribution in [-0.4, -0.2) is 21.9 Å². The van der Waals surface area contributed by atoms with Crippen LogP contribution >= 0.6 is 0 Å². The van der Waals surface area contributed by atoms with Gasteiger partial charge in [-0.2, -0.15) is 13.2 Å². The molecule has 0 aliphatic heterocycles. The number of hydrogen-bond donors (Lipinski definition) is 1. The lowest BCUT2D eigenvalue weighted by Gasteiger charge is -2.38. The number of alkyl halides is 3. The Kier molecular flexibility index (Phi) is 5.71. The molecular formula is C21H25F4NO. The minimum atomic E-state index is -4.84. The molecule has 1 N–H and O–H groups in total. The van der Waals surface area contributed by atoms with Gasteiger partial charge >= 0.3 is 6.18 Å². The molecule has 1 heterocycles. The Morgan fingerprint density at radius 3 is 2.04 bits per heavy atom. The number of rotatable bonds is 5. The van der Waals surface area contributed by atoms with Gasteiger partial charge in [-0.3, -0.25) is 4.98 Å². The van der Waals surface area contributed by atoms with Gasteiger partial charge in [0, 0.05) is 17.8 Å². The summed E-state index contributed by atoms with van der Waals surface area (Å²) in [5.41, 5.74) is -1.35. The Bertz CT molecular complexity index is 809. The van der Waals surface area contributed by atoms with E-state index in [-0.39, 0.29) is 0 Å². The first-order valence-electron chi connectivity index (χ1n) is 8.73. The van der Waals surface area contributed by atoms with E-state index >= 15 is 0 Å². The first kappa shape index (κ1) is 21.4. The van der Waals surface area contributed by atoms with Crippen molar-refractivity contribution in [3.8, 4) is 0 Å². The van der Waals surface area contributed by atoms with E-state index in [1.54, 1.807) is 46.8 Å². The predicted molar refractivity (Wildman–Crippen MR) is 97.2 cm³/mol. The fourth-order valence-corrected chi connectivity index (χ4v) is 3.77. The summed E-state index contributed by atoms with van der Waals surface area (Å²) >= 11 is 0. The van der Waals surface area contributed by atoms with Gasteiger partial charge in [-0.25, -0.2) is 4.39 Å². The van der Waals surface area contributed by atoms with E-state index in [9.17, 15) is 22.7 Å². The van der Waals surface area contributed by atoms with Crippen LogP contribution in [0.3, 0.4) is 0 Å². The zero-order valence-corrected chi connectivity index (χ0v) is 16.2. The number of benzene rings is 1. The third-order valence-electron chi connectivity index (χ3n) is 4.83. The fraction of sp³-hybridized carbons (Fsp3) is 0.476. The molecule has 1 aromatic heterocycles. The Balaban J connectivity index is 2.45. The fourth-order valence-electron chi connectivity index (χ4n) is 3.77. The molecule has 2 aromatic rings. The van der Waals surface area contributed by atoms with Crippen molar-refractivity contribution >= 4 is 0 Å². The maximum Gasteiger partial charge on any atom is 0.417 e. The van der Waals surface area contributed by atoms with Crippen LogP contribution < -0.4 is 0 Å². The number of pyridine rings is 1. The highest BCUT2D eigenvalue weighted by Gasteiger charge is 2.55. The summed E-state index contributed by atoms with van der Waals surface area (Å²) in [6.45, 7) is 8.30. The normalized spacial score (nSPS) is 14.9. The van der Waals surface area contributed by atoms with Crippen LogP contribution in [-0.2, 0) is 11.8 Å². The second kappa shape index (κ2) is 7.23. The lowest BCUT2D eigenvalue weighted by molar-refractivity contribution is -0.266. The number of aryl methyl sites for hydroxylation is 3. The lowest BCUT2D eigenvalue weighted by Crippen LogP contribution is -2.51. The van der Waals surface area contributed by atoms with Crippen molar-refractivity contribution in [3.63, 3.8) is 0 Å². The smallest absolute Gasteiger partial charge is 0.380 e. The van der Waals surface area contributed by atoms with Crippen LogP contribution in [0.1, 0.15) is 48.3 Å². The quantitative estimate of drug-likeness (QED) is 0.706. The molecule has 0 saturated carbocycles. The van der Waals surface area contributed by atoms with Gasteiger partial charge in [0.25, 0.3) is 0 Å². The molecule has 0 spiro atoms. The molecule has 2 nitrogen and oxygen atoms in total. The second-order valence-corrected chi connectivity index (χ2v) is 7.98. The zero-order valence-electron chi connectivity index (χ0n) is 16.2. The Labute approximate surface area is 157 Å². The highest BCUT2D eigenvalue weighted by Crippen LogP contribution is 2.43. The molecule has 1 unspecified atom stereocenters. The van der Waals surface area contributed by atoms with Crippen LogP contribution in [0.4, 0.5) is 17.6 Å². The minimum absolute atomic E-state index is 0.367. The van der Waals surface area contributed by atoms with E-state index in [2.05, 4.69) is 4.98 Å². The van der Waals surface area contributed by atoms with Gasteiger partial charge in [-0.05, 0) is 73.6 Å². The Hall–Kier alpha value is -1.95. The first-order chi connectivity index (χ1) is 12.2. The van der Waals surface area contributed by atoms with Crippen molar-refractivity contribution in [2.24, 2.45) is 0 Å². The van der Waals surface area contributed by atoms with Crippen LogP contribution in [0.2, 0.25) is 0 Å². The summed E-state index contributed by atoms with van der Waals surface area (Å²) in [5, 5.41) is 10.7. The molecular weight excluding hydrogens is 358 g/mol. The molecule has 6 heteroatoms. The maximum atomic E-state index is 13.9. The van der Waals surface area contributed by atoms with Gasteiger partial charge in [0.1, 0.15) is 5.82 Å². The highest BCUT2D eigenvalue weighted by molar-refractivity contribution is 5.34. The molecule has 27 heavy (non-hydrogen) atoms. The number of hydrogen-bond acceptors (Lipinski definition) is 2. The van der Waals surface area contributed by atoms with Crippen LogP contribution in [0.15, 0.2) is 30.3 Å². The molecule has 0 bridgehead atoms. The zero-order chi connectivity index (χ0) is 20.6. The first-order valence-corrected chi connectivity index (χ1v) is 8.73. The summed E-state index contributed by atoms with van der Waals surface area (Å²) in [6.07, 6.45) is -6.01. The molecule has 2 rings (SSSR count). The average Bonchev–Trinajstić information content (AvgIpc) is 2.46. The van der Waals surface area contributed by atoms with Crippen LogP contribution in [0.5, 0.6) is 0 Å². The molecule has 0 amide bonds. The standard InChI is InChI=1S/C21H25F4NO/c1-13-6-7-17(22)10-18(13)19(4,5)12-20(27,21(23,24)25)11-16-8-14(2)26-15(3)9-16/h6-10,27H,11-12H2,1-5H3. The van der Waals surface area contributed by atoms with Crippen molar-refractivity contribution in [1.29, 1.82) is 0 Å².